The van der Waals surface area contributed by atoms with Crippen LogP contribution in [-0.4, -0.2) is 39.4 Å². The molecule has 0 spiro atoms. The van der Waals surface area contributed by atoms with Crippen molar-refractivity contribution in [2.24, 2.45) is 4.99 Å². The molecule has 0 bridgehead atoms. The van der Waals surface area contributed by atoms with E-state index in [4.69, 9.17) is 4.52 Å². The number of halogens is 3. The fourth-order valence-corrected chi connectivity index (χ4v) is 3.77. The van der Waals surface area contributed by atoms with E-state index in [9.17, 15) is 13.3 Å². The highest BCUT2D eigenvalue weighted by Gasteiger charge is 2.43. The van der Waals surface area contributed by atoms with Gasteiger partial charge in [0.1, 0.15) is 25.0 Å². The van der Waals surface area contributed by atoms with Crippen molar-refractivity contribution in [3.63, 3.8) is 0 Å². The largest absolute Gasteiger partial charge is 0.332 e. The van der Waals surface area contributed by atoms with Crippen molar-refractivity contribution < 1.29 is 17.8 Å². The summed E-state index contributed by atoms with van der Waals surface area (Å²) in [6.07, 6.45) is 1.35. The molecule has 11 heteroatoms. The zero-order valence-electron chi connectivity index (χ0n) is 15.2. The molecule has 4 heterocycles. The van der Waals surface area contributed by atoms with E-state index in [1.54, 1.807) is 14.9 Å². The van der Waals surface area contributed by atoms with Gasteiger partial charge in [-0.25, -0.2) is 23.8 Å². The zero-order chi connectivity index (χ0) is 20.4. The smallest absolute Gasteiger partial charge is 0.287 e. The van der Waals surface area contributed by atoms with Crippen molar-refractivity contribution in [3.05, 3.63) is 71.7 Å². The number of hydrazine groups is 1. The highest BCUT2D eigenvalue weighted by molar-refractivity contribution is 6.08. The summed E-state index contributed by atoms with van der Waals surface area (Å²) in [6.45, 7) is 0.189. The maximum atomic E-state index is 14.1. The van der Waals surface area contributed by atoms with Crippen LogP contribution in [0.15, 0.2) is 64.0 Å². The van der Waals surface area contributed by atoms with Crippen LogP contribution in [-0.2, 0) is 0 Å². The summed E-state index contributed by atoms with van der Waals surface area (Å²) in [5.41, 5.74) is 1.65. The molecule has 0 N–H and O–H groups in total. The van der Waals surface area contributed by atoms with Gasteiger partial charge in [0.2, 0.25) is 0 Å². The van der Waals surface area contributed by atoms with Crippen molar-refractivity contribution in [2.75, 3.05) is 23.2 Å². The summed E-state index contributed by atoms with van der Waals surface area (Å²) in [6, 6.07) is 10.6. The van der Waals surface area contributed by atoms with Crippen molar-refractivity contribution in [1.29, 1.82) is 0 Å². The third-order valence-corrected chi connectivity index (χ3v) is 5.07. The molecule has 0 aliphatic carbocycles. The number of amidine groups is 1. The van der Waals surface area contributed by atoms with Gasteiger partial charge in [0.05, 0.1) is 17.5 Å². The van der Waals surface area contributed by atoms with Gasteiger partial charge in [0, 0.05) is 11.6 Å². The van der Waals surface area contributed by atoms with E-state index in [0.717, 1.165) is 23.4 Å². The van der Waals surface area contributed by atoms with Gasteiger partial charge in [-0.05, 0) is 29.4 Å². The van der Waals surface area contributed by atoms with Gasteiger partial charge in [-0.15, -0.1) is 0 Å². The van der Waals surface area contributed by atoms with Crippen LogP contribution in [0.25, 0.3) is 11.5 Å². The Balaban J connectivity index is 1.41. The third kappa shape index (κ3) is 2.31. The monoisotopic (exact) mass is 411 g/mol. The number of aliphatic imine (C=N–C) groups is 1. The SMILES string of the molecule is Fc1ccc(-c2nc(N3CN=C4c5ccccc5N5CN(F)C=C5N43)no2)c(F)c1. The second-order valence-electron chi connectivity index (χ2n) is 6.83. The third-order valence-electron chi connectivity index (χ3n) is 5.07. The number of nitrogens with zero attached hydrogens (tertiary/aromatic N) is 7. The summed E-state index contributed by atoms with van der Waals surface area (Å²) >= 11 is 0. The average Bonchev–Trinajstić information content (AvgIpc) is 3.45. The molecule has 150 valence electrons. The van der Waals surface area contributed by atoms with Crippen molar-refractivity contribution in [2.45, 2.75) is 0 Å². The standard InChI is InChI=1S/C19H12F3N7O/c20-11-5-6-12(14(21)7-11)18-24-19(25-30-18)28-9-23-17-13-3-1-2-4-15(13)27-10-26(22)8-16(27)29(17)28/h1-8H,9-10H2. The molecular weight excluding hydrogens is 399 g/mol. The first-order valence-corrected chi connectivity index (χ1v) is 9.02. The molecule has 0 atom stereocenters. The van der Waals surface area contributed by atoms with Gasteiger partial charge < -0.3 is 9.42 Å². The maximum absolute atomic E-state index is 14.1. The van der Waals surface area contributed by atoms with Gasteiger partial charge in [-0.3, -0.25) is 0 Å². The number of hydrogen-bond donors (Lipinski definition) is 0. The molecule has 2 aromatic carbocycles. The molecule has 0 amide bonds. The summed E-state index contributed by atoms with van der Waals surface area (Å²) in [4.78, 5) is 10.6. The minimum absolute atomic E-state index is 0.0175. The van der Waals surface area contributed by atoms with E-state index in [1.165, 1.54) is 12.3 Å². The Kier molecular flexibility index (Phi) is 3.37. The molecule has 30 heavy (non-hydrogen) atoms. The average molecular weight is 411 g/mol. The molecule has 6 rings (SSSR count). The fourth-order valence-electron chi connectivity index (χ4n) is 3.77. The normalized spacial score (nSPS) is 17.0. The minimum atomic E-state index is -0.812. The first-order valence-electron chi connectivity index (χ1n) is 9.02. The number of aromatic nitrogens is 2. The van der Waals surface area contributed by atoms with Crippen LogP contribution in [0.3, 0.4) is 0 Å². The number of para-hydroxylation sites is 1. The van der Waals surface area contributed by atoms with Gasteiger partial charge in [0.15, 0.2) is 11.7 Å². The van der Waals surface area contributed by atoms with E-state index < -0.39 is 11.6 Å². The second-order valence-corrected chi connectivity index (χ2v) is 6.83. The topological polar surface area (TPSA) is 64.2 Å². The molecule has 0 fully saturated rings. The lowest BCUT2D eigenvalue weighted by Gasteiger charge is -2.39. The summed E-state index contributed by atoms with van der Waals surface area (Å²) in [5.74, 6) is -0.352. The maximum Gasteiger partial charge on any atom is 0.287 e. The molecule has 8 nitrogen and oxygen atoms in total. The summed E-state index contributed by atoms with van der Waals surface area (Å²) in [5, 5.41) is 7.79. The predicted octanol–water partition coefficient (Wildman–Crippen LogP) is 3.23. The number of anilines is 2. The molecule has 3 aliphatic heterocycles. The number of benzene rings is 2. The first kappa shape index (κ1) is 16.9. The lowest BCUT2D eigenvalue weighted by atomic mass is 10.1. The molecule has 3 aliphatic rings. The van der Waals surface area contributed by atoms with Crippen molar-refractivity contribution >= 4 is 17.5 Å². The number of hydrogen-bond acceptors (Lipinski definition) is 8. The Morgan fingerprint density at radius 1 is 1.03 bits per heavy atom. The molecular formula is C19H12F3N7O. The van der Waals surface area contributed by atoms with E-state index >= 15 is 0 Å². The van der Waals surface area contributed by atoms with Crippen LogP contribution in [0.1, 0.15) is 5.56 Å². The molecule has 1 aromatic heterocycles. The molecule has 0 saturated carbocycles. The Labute approximate surface area is 167 Å². The van der Waals surface area contributed by atoms with Crippen LogP contribution in [0.5, 0.6) is 0 Å². The number of fused-ring (bicyclic) bond motifs is 6. The second kappa shape index (κ2) is 5.99. The van der Waals surface area contributed by atoms with Crippen LogP contribution in [0.4, 0.5) is 24.9 Å². The highest BCUT2D eigenvalue weighted by atomic mass is 19.2. The van der Waals surface area contributed by atoms with Crippen LogP contribution < -0.4 is 9.91 Å². The van der Waals surface area contributed by atoms with Crippen LogP contribution >= 0.6 is 0 Å². The first-order chi connectivity index (χ1) is 14.6. The molecule has 0 saturated heterocycles. The lowest BCUT2D eigenvalue weighted by Crippen LogP contribution is -2.49. The lowest BCUT2D eigenvalue weighted by molar-refractivity contribution is 0.104. The predicted molar refractivity (Wildman–Crippen MR) is 100 cm³/mol. The van der Waals surface area contributed by atoms with Crippen LogP contribution in [0.2, 0.25) is 0 Å². The van der Waals surface area contributed by atoms with E-state index in [2.05, 4.69) is 15.1 Å². The van der Waals surface area contributed by atoms with Crippen molar-refractivity contribution in [1.82, 2.24) is 20.3 Å². The Morgan fingerprint density at radius 3 is 2.77 bits per heavy atom. The van der Waals surface area contributed by atoms with Crippen molar-refractivity contribution in [3.8, 4) is 11.5 Å². The Morgan fingerprint density at radius 2 is 1.90 bits per heavy atom. The van der Waals surface area contributed by atoms with Gasteiger partial charge >= 0.3 is 0 Å². The molecule has 0 unspecified atom stereocenters. The quantitative estimate of drug-likeness (QED) is 0.600. The highest BCUT2D eigenvalue weighted by Crippen LogP contribution is 2.40. The van der Waals surface area contributed by atoms with Crippen LogP contribution in [0, 0.1) is 11.6 Å². The Bertz CT molecular complexity index is 1240. The zero-order valence-corrected chi connectivity index (χ0v) is 15.2. The van der Waals surface area contributed by atoms with Gasteiger partial charge in [-0.1, -0.05) is 16.6 Å². The van der Waals surface area contributed by atoms with Gasteiger partial charge in [-0.2, -0.15) is 10.1 Å². The molecule has 0 radical (unpaired) electrons. The van der Waals surface area contributed by atoms with E-state index in [-0.39, 0.29) is 30.7 Å². The fraction of sp³-hybridized carbons (Fsp3) is 0.105. The molecule has 3 aromatic rings. The van der Waals surface area contributed by atoms with E-state index in [1.807, 2.05) is 24.3 Å². The Hall–Kier alpha value is -4.02. The summed E-state index contributed by atoms with van der Waals surface area (Å²) < 4.78 is 46.6. The summed E-state index contributed by atoms with van der Waals surface area (Å²) in [7, 11) is 0. The van der Waals surface area contributed by atoms with Gasteiger partial charge in [0.25, 0.3) is 11.8 Å². The minimum Gasteiger partial charge on any atom is -0.332 e. The van der Waals surface area contributed by atoms with E-state index in [0.29, 0.717) is 16.8 Å². The number of rotatable bonds is 2.